The van der Waals surface area contributed by atoms with E-state index in [0.29, 0.717) is 24.3 Å². The van der Waals surface area contributed by atoms with Crippen molar-refractivity contribution in [3.05, 3.63) is 21.6 Å². The highest BCUT2D eigenvalue weighted by molar-refractivity contribution is 5.87. The number of anilines is 1. The Balaban J connectivity index is 2.37. The van der Waals surface area contributed by atoms with Crippen LogP contribution >= 0.6 is 0 Å². The number of H-pyrrole nitrogens is 1. The van der Waals surface area contributed by atoms with Gasteiger partial charge in [0.2, 0.25) is 12.0 Å². The summed E-state index contributed by atoms with van der Waals surface area (Å²) < 4.78 is 9.37. The molecule has 0 aliphatic carbocycles. The van der Waals surface area contributed by atoms with Crippen LogP contribution in [0, 0.1) is 18.4 Å². The summed E-state index contributed by atoms with van der Waals surface area (Å²) in [6, 6.07) is -0.491. The van der Waals surface area contributed by atoms with E-state index in [1.807, 2.05) is 0 Å². The molecule has 12 nitrogen and oxygen atoms in total. The summed E-state index contributed by atoms with van der Waals surface area (Å²) in [6.07, 6.45) is 6.38. The number of hydrogen-bond acceptors (Lipinski definition) is 9. The van der Waals surface area contributed by atoms with Gasteiger partial charge in [0.05, 0.1) is 25.3 Å². The molecule has 0 radical (unpaired) electrons. The van der Waals surface area contributed by atoms with Crippen LogP contribution in [0.4, 0.5) is 10.7 Å². The number of aryl methyl sites for hydroxylation is 1. The van der Waals surface area contributed by atoms with Crippen LogP contribution in [0.1, 0.15) is 43.4 Å². The molecule has 0 saturated heterocycles. The highest BCUT2D eigenvalue weighted by Crippen LogP contribution is 2.04. The molecule has 0 spiro atoms. The van der Waals surface area contributed by atoms with Gasteiger partial charge < -0.3 is 14.8 Å². The largest absolute Gasteiger partial charge is 0.465 e. The predicted octanol–water partition coefficient (Wildman–Crippen LogP) is 1.07. The molecule has 31 heavy (non-hydrogen) atoms. The number of amides is 2. The van der Waals surface area contributed by atoms with Crippen molar-refractivity contribution in [1.29, 1.82) is 5.26 Å². The van der Waals surface area contributed by atoms with Crippen LogP contribution < -0.4 is 16.2 Å². The number of aliphatic imine (C=N–C) groups is 1. The zero-order chi connectivity index (χ0) is 22.9. The van der Waals surface area contributed by atoms with E-state index >= 15 is 0 Å². The molecular weight excluding hydrogens is 408 g/mol. The van der Waals surface area contributed by atoms with E-state index < -0.39 is 17.6 Å². The summed E-state index contributed by atoms with van der Waals surface area (Å²) in [6.45, 7) is 2.45. The standard InChI is InChI=1S/C19H26N6O6/c1-14-15(6-11-31-16(27)7-10-30-12-20)17(28)24-18(23-14)25-19(29)22-9-5-3-2-4-8-21-13-26/h2-11H2,1H3,(H3,22,23,24,25,28,29). The van der Waals surface area contributed by atoms with Gasteiger partial charge in [-0.2, -0.15) is 5.26 Å². The zero-order valence-electron chi connectivity index (χ0n) is 17.4. The van der Waals surface area contributed by atoms with Gasteiger partial charge in [-0.25, -0.2) is 19.6 Å². The van der Waals surface area contributed by atoms with Gasteiger partial charge >= 0.3 is 12.0 Å². The van der Waals surface area contributed by atoms with Crippen LogP contribution in [0.25, 0.3) is 0 Å². The summed E-state index contributed by atoms with van der Waals surface area (Å²) in [5.74, 6) is -0.525. The second-order valence-electron chi connectivity index (χ2n) is 6.41. The lowest BCUT2D eigenvalue weighted by atomic mass is 10.2. The van der Waals surface area contributed by atoms with Crippen molar-refractivity contribution < 1.29 is 23.9 Å². The number of aromatic amines is 1. The average Bonchev–Trinajstić information content (AvgIpc) is 2.72. The lowest BCUT2D eigenvalue weighted by molar-refractivity contribution is -0.144. The summed E-state index contributed by atoms with van der Waals surface area (Å²) in [7, 11) is 0. The van der Waals surface area contributed by atoms with Gasteiger partial charge in [0.1, 0.15) is 6.61 Å². The first-order chi connectivity index (χ1) is 15.0. The molecule has 12 heteroatoms. The Bertz CT molecular complexity index is 872. The van der Waals surface area contributed by atoms with Crippen LogP contribution in [-0.4, -0.2) is 54.4 Å². The quantitative estimate of drug-likeness (QED) is 0.128. The number of aromatic nitrogens is 2. The molecule has 0 unspecified atom stereocenters. The van der Waals surface area contributed by atoms with Crippen molar-refractivity contribution in [2.45, 2.75) is 45.4 Å². The second-order valence-corrected chi connectivity index (χ2v) is 6.41. The van der Waals surface area contributed by atoms with Crippen molar-refractivity contribution >= 4 is 24.0 Å². The Hall–Kier alpha value is -3.71. The van der Waals surface area contributed by atoms with E-state index in [0.717, 1.165) is 25.7 Å². The molecule has 0 fully saturated rings. The number of hydrogen-bond donors (Lipinski definition) is 3. The first-order valence-electron chi connectivity index (χ1n) is 9.82. The number of carbonyl (C=O) groups is 2. The van der Waals surface area contributed by atoms with Crippen LogP contribution in [0.15, 0.2) is 9.79 Å². The van der Waals surface area contributed by atoms with Gasteiger partial charge in [0, 0.05) is 18.5 Å². The molecule has 1 aromatic rings. The average molecular weight is 434 g/mol. The van der Waals surface area contributed by atoms with Gasteiger partial charge in [0.25, 0.3) is 11.8 Å². The molecular formula is C19H26N6O6. The summed E-state index contributed by atoms with van der Waals surface area (Å²) in [4.78, 5) is 55.6. The Kier molecular flexibility index (Phi) is 12.4. The van der Waals surface area contributed by atoms with Crippen molar-refractivity contribution in [2.75, 3.05) is 31.6 Å². The second kappa shape index (κ2) is 15.2. The number of ether oxygens (including phenoxy) is 2. The van der Waals surface area contributed by atoms with E-state index in [1.165, 1.54) is 12.3 Å². The number of nitrogens with zero attached hydrogens (tertiary/aromatic N) is 3. The Labute approximate surface area is 179 Å². The molecule has 3 N–H and O–H groups in total. The number of nitriles is 1. The van der Waals surface area contributed by atoms with Crippen molar-refractivity contribution in [3.63, 3.8) is 0 Å². The van der Waals surface area contributed by atoms with E-state index in [-0.39, 0.29) is 32.0 Å². The van der Waals surface area contributed by atoms with E-state index in [2.05, 4.69) is 30.3 Å². The van der Waals surface area contributed by atoms with Crippen molar-refractivity contribution in [2.24, 2.45) is 4.99 Å². The van der Waals surface area contributed by atoms with E-state index in [1.54, 1.807) is 6.92 Å². The molecule has 1 aromatic heterocycles. The topological polar surface area (TPSA) is 176 Å². The Morgan fingerprint density at radius 1 is 1.23 bits per heavy atom. The Morgan fingerprint density at radius 2 is 2.00 bits per heavy atom. The smallest absolute Gasteiger partial charge is 0.321 e. The van der Waals surface area contributed by atoms with Gasteiger partial charge in [-0.15, -0.1) is 0 Å². The summed E-state index contributed by atoms with van der Waals surface area (Å²) in [5, 5.41) is 13.4. The van der Waals surface area contributed by atoms with Gasteiger partial charge in [-0.3, -0.25) is 19.9 Å². The molecule has 0 bridgehead atoms. The minimum absolute atomic E-state index is 0.0149. The highest BCUT2D eigenvalue weighted by atomic mass is 16.5. The minimum atomic E-state index is -0.540. The molecule has 0 saturated carbocycles. The highest BCUT2D eigenvalue weighted by Gasteiger charge is 2.11. The fourth-order valence-electron chi connectivity index (χ4n) is 2.55. The number of carbonyl (C=O) groups excluding carboxylic acids is 3. The van der Waals surface area contributed by atoms with Crippen LogP contribution in [0.5, 0.6) is 0 Å². The maximum atomic E-state index is 12.2. The van der Waals surface area contributed by atoms with Gasteiger partial charge in [-0.1, -0.05) is 12.8 Å². The third-order valence-electron chi connectivity index (χ3n) is 4.09. The molecule has 0 aliphatic rings. The zero-order valence-corrected chi connectivity index (χ0v) is 17.4. The van der Waals surface area contributed by atoms with E-state index in [9.17, 15) is 19.2 Å². The van der Waals surface area contributed by atoms with Crippen molar-refractivity contribution in [1.82, 2.24) is 15.3 Å². The first kappa shape index (κ1) is 25.3. The summed E-state index contributed by atoms with van der Waals surface area (Å²) >= 11 is 0. The van der Waals surface area contributed by atoms with E-state index in [4.69, 9.17) is 10.00 Å². The maximum Gasteiger partial charge on any atom is 0.321 e. The molecule has 168 valence electrons. The normalized spacial score (nSPS) is 9.81. The lowest BCUT2D eigenvalue weighted by Crippen LogP contribution is -2.31. The Morgan fingerprint density at radius 3 is 2.71 bits per heavy atom. The maximum absolute atomic E-state index is 12.2. The van der Waals surface area contributed by atoms with Crippen molar-refractivity contribution in [3.8, 4) is 6.26 Å². The molecule has 2 amide bonds. The molecule has 0 aromatic carbocycles. The number of urea groups is 1. The monoisotopic (exact) mass is 434 g/mol. The first-order valence-corrected chi connectivity index (χ1v) is 9.82. The number of nitrogens with one attached hydrogen (secondary N) is 3. The fourth-order valence-corrected chi connectivity index (χ4v) is 2.55. The van der Waals surface area contributed by atoms with Crippen LogP contribution in [0.3, 0.4) is 0 Å². The SMILES string of the molecule is Cc1nc(NC(=O)NCCCCCCN=C=O)[nH]c(=O)c1CCOC(=O)CCOC#N. The third kappa shape index (κ3) is 11.2. The third-order valence-corrected chi connectivity index (χ3v) is 4.09. The summed E-state index contributed by atoms with van der Waals surface area (Å²) in [5.41, 5.74) is 0.302. The molecule has 0 aliphatic heterocycles. The fraction of sp³-hybridized carbons (Fsp3) is 0.579. The molecule has 1 rings (SSSR count). The number of esters is 1. The molecule has 0 atom stereocenters. The number of unbranched alkanes of at least 4 members (excludes halogenated alkanes) is 3. The van der Waals surface area contributed by atoms with Crippen LogP contribution in [-0.2, 0) is 25.5 Å². The number of rotatable bonds is 14. The van der Waals surface area contributed by atoms with Gasteiger partial charge in [-0.05, 0) is 19.8 Å². The van der Waals surface area contributed by atoms with Gasteiger partial charge in [0.15, 0.2) is 0 Å². The lowest BCUT2D eigenvalue weighted by Gasteiger charge is -2.10. The predicted molar refractivity (Wildman–Crippen MR) is 109 cm³/mol. The minimum Gasteiger partial charge on any atom is -0.465 e. The molecule has 1 heterocycles. The number of isocyanates is 1. The van der Waals surface area contributed by atoms with Crippen LogP contribution in [0.2, 0.25) is 0 Å².